The number of carbonyl (C=O) groups is 2. The van der Waals surface area contributed by atoms with Gasteiger partial charge in [-0.2, -0.15) is 0 Å². The Morgan fingerprint density at radius 2 is 1.85 bits per heavy atom. The van der Waals surface area contributed by atoms with Crippen molar-refractivity contribution in [2.45, 2.75) is 26.4 Å². The zero-order valence-corrected chi connectivity index (χ0v) is 15.5. The molecule has 0 bridgehead atoms. The molecule has 142 valence electrons. The third kappa shape index (κ3) is 3.83. The first-order chi connectivity index (χ1) is 12.2. The maximum Gasteiger partial charge on any atom is 0.410 e. The molecule has 1 atom stereocenters. The highest BCUT2D eigenvalue weighted by Gasteiger charge is 2.56. The Morgan fingerprint density at radius 1 is 1.19 bits per heavy atom. The van der Waals surface area contributed by atoms with Crippen molar-refractivity contribution >= 4 is 12.1 Å². The minimum Gasteiger partial charge on any atom is -0.444 e. The van der Waals surface area contributed by atoms with Crippen molar-refractivity contribution in [2.24, 2.45) is 11.3 Å². The molecule has 0 aliphatic carbocycles. The molecule has 3 rings (SSSR count). The standard InChI is InChI=1S/C19H26N2O5/c1-18(2,3)25-17(24)20-11-19(12-20)13-21(9-15(19)10-22)26-16(23)14-7-5-4-6-8-14/h4-8,15,22H,9-13H2,1-3H3. The van der Waals surface area contributed by atoms with Crippen molar-refractivity contribution in [3.05, 3.63) is 35.9 Å². The molecular weight excluding hydrogens is 336 g/mol. The van der Waals surface area contributed by atoms with E-state index in [1.54, 1.807) is 34.2 Å². The van der Waals surface area contributed by atoms with Crippen LogP contribution in [0.4, 0.5) is 4.79 Å². The molecule has 26 heavy (non-hydrogen) atoms. The van der Waals surface area contributed by atoms with Crippen molar-refractivity contribution in [3.63, 3.8) is 0 Å². The van der Waals surface area contributed by atoms with E-state index in [-0.39, 0.29) is 24.0 Å². The topological polar surface area (TPSA) is 79.3 Å². The van der Waals surface area contributed by atoms with Crippen LogP contribution >= 0.6 is 0 Å². The molecule has 1 aromatic carbocycles. The number of hydrogen-bond donors (Lipinski definition) is 1. The summed E-state index contributed by atoms with van der Waals surface area (Å²) in [6, 6.07) is 8.80. The number of benzene rings is 1. The highest BCUT2D eigenvalue weighted by Crippen LogP contribution is 2.44. The molecule has 0 saturated carbocycles. The fourth-order valence-electron chi connectivity index (χ4n) is 3.58. The number of aliphatic hydroxyl groups is 1. The zero-order chi connectivity index (χ0) is 18.9. The van der Waals surface area contributed by atoms with E-state index in [4.69, 9.17) is 9.57 Å². The molecule has 0 aromatic heterocycles. The Kier molecular flexibility index (Phi) is 4.94. The third-order valence-corrected chi connectivity index (χ3v) is 4.89. The van der Waals surface area contributed by atoms with E-state index in [9.17, 15) is 14.7 Å². The summed E-state index contributed by atoms with van der Waals surface area (Å²) in [6.45, 7) is 7.42. The van der Waals surface area contributed by atoms with Crippen molar-refractivity contribution in [1.29, 1.82) is 0 Å². The predicted molar refractivity (Wildman–Crippen MR) is 94.2 cm³/mol. The molecule has 1 aromatic rings. The van der Waals surface area contributed by atoms with Gasteiger partial charge >= 0.3 is 12.1 Å². The van der Waals surface area contributed by atoms with Gasteiger partial charge in [-0.1, -0.05) is 18.2 Å². The van der Waals surface area contributed by atoms with Gasteiger partial charge in [-0.25, -0.2) is 9.59 Å². The van der Waals surface area contributed by atoms with Crippen LogP contribution in [0.2, 0.25) is 0 Å². The average molecular weight is 362 g/mol. The molecule has 2 saturated heterocycles. The second kappa shape index (κ2) is 6.89. The first-order valence-corrected chi connectivity index (χ1v) is 8.83. The largest absolute Gasteiger partial charge is 0.444 e. The highest BCUT2D eigenvalue weighted by molar-refractivity contribution is 5.89. The number of aliphatic hydroxyl groups excluding tert-OH is 1. The van der Waals surface area contributed by atoms with Crippen LogP contribution in [-0.4, -0.2) is 65.5 Å². The van der Waals surface area contributed by atoms with E-state index in [1.807, 2.05) is 26.8 Å². The maximum absolute atomic E-state index is 12.2. The van der Waals surface area contributed by atoms with Crippen LogP contribution in [0.3, 0.4) is 0 Å². The Bertz CT molecular complexity index is 664. The van der Waals surface area contributed by atoms with Crippen LogP contribution < -0.4 is 0 Å². The van der Waals surface area contributed by atoms with Crippen molar-refractivity contribution in [1.82, 2.24) is 9.96 Å². The van der Waals surface area contributed by atoms with Crippen LogP contribution in [0, 0.1) is 11.3 Å². The SMILES string of the molecule is CC(C)(C)OC(=O)N1CC2(CN(OC(=O)c3ccccc3)CC2CO)C1. The van der Waals surface area contributed by atoms with Gasteiger partial charge in [-0.15, -0.1) is 5.06 Å². The molecule has 7 nitrogen and oxygen atoms in total. The first kappa shape index (κ1) is 18.7. The minimum absolute atomic E-state index is 0.0124. The smallest absolute Gasteiger partial charge is 0.410 e. The number of carbonyl (C=O) groups excluding carboxylic acids is 2. The van der Waals surface area contributed by atoms with E-state index in [1.165, 1.54) is 0 Å². The molecule has 0 radical (unpaired) electrons. The van der Waals surface area contributed by atoms with E-state index in [2.05, 4.69) is 0 Å². The lowest BCUT2D eigenvalue weighted by atomic mass is 9.72. The summed E-state index contributed by atoms with van der Waals surface area (Å²) in [6.07, 6.45) is -0.348. The number of ether oxygens (including phenoxy) is 1. The van der Waals surface area contributed by atoms with Gasteiger partial charge in [0.15, 0.2) is 0 Å². The van der Waals surface area contributed by atoms with Gasteiger partial charge in [0.25, 0.3) is 0 Å². The van der Waals surface area contributed by atoms with Crippen LogP contribution in [0.1, 0.15) is 31.1 Å². The summed E-state index contributed by atoms with van der Waals surface area (Å²) in [4.78, 5) is 31.5. The molecule has 2 aliphatic rings. The number of amides is 1. The van der Waals surface area contributed by atoms with E-state index in [0.717, 1.165) is 0 Å². The Labute approximate surface area is 153 Å². The number of nitrogens with zero attached hydrogens (tertiary/aromatic N) is 2. The lowest BCUT2D eigenvalue weighted by Crippen LogP contribution is -2.63. The predicted octanol–water partition coefficient (Wildman–Crippen LogP) is 1.92. The van der Waals surface area contributed by atoms with E-state index >= 15 is 0 Å². The van der Waals surface area contributed by atoms with Gasteiger partial charge in [0, 0.05) is 44.1 Å². The summed E-state index contributed by atoms with van der Waals surface area (Å²) in [5, 5.41) is 11.3. The summed E-state index contributed by atoms with van der Waals surface area (Å²) in [5.74, 6) is -0.465. The van der Waals surface area contributed by atoms with Gasteiger partial charge < -0.3 is 19.6 Å². The molecule has 2 heterocycles. The Hall–Kier alpha value is -2.12. The van der Waals surface area contributed by atoms with Crippen molar-refractivity contribution in [2.75, 3.05) is 32.8 Å². The maximum atomic E-state index is 12.2. The first-order valence-electron chi connectivity index (χ1n) is 8.83. The molecule has 1 N–H and O–H groups in total. The van der Waals surface area contributed by atoms with Crippen molar-refractivity contribution < 1.29 is 24.3 Å². The number of rotatable bonds is 3. The highest BCUT2D eigenvalue weighted by atomic mass is 16.7. The lowest BCUT2D eigenvalue weighted by Gasteiger charge is -2.50. The molecular formula is C19H26N2O5. The second-order valence-corrected chi connectivity index (χ2v) is 8.15. The van der Waals surface area contributed by atoms with Gasteiger partial charge in [-0.3, -0.25) is 0 Å². The Balaban J connectivity index is 1.59. The van der Waals surface area contributed by atoms with E-state index < -0.39 is 11.6 Å². The summed E-state index contributed by atoms with van der Waals surface area (Å²) in [7, 11) is 0. The third-order valence-electron chi connectivity index (χ3n) is 4.89. The number of hydroxylamine groups is 2. The van der Waals surface area contributed by atoms with Crippen LogP contribution in [0.15, 0.2) is 30.3 Å². The zero-order valence-electron chi connectivity index (χ0n) is 15.5. The molecule has 1 spiro atoms. The number of likely N-dealkylation sites (tertiary alicyclic amines) is 1. The second-order valence-electron chi connectivity index (χ2n) is 8.15. The van der Waals surface area contributed by atoms with Gasteiger partial charge in [-0.05, 0) is 32.9 Å². The molecule has 1 unspecified atom stereocenters. The van der Waals surface area contributed by atoms with Crippen LogP contribution in [0.25, 0.3) is 0 Å². The van der Waals surface area contributed by atoms with Crippen LogP contribution in [-0.2, 0) is 9.57 Å². The Morgan fingerprint density at radius 3 is 2.42 bits per heavy atom. The van der Waals surface area contributed by atoms with Gasteiger partial charge in [0.1, 0.15) is 5.60 Å². The van der Waals surface area contributed by atoms with Crippen molar-refractivity contribution in [3.8, 4) is 0 Å². The number of hydrogen-bond acceptors (Lipinski definition) is 6. The lowest BCUT2D eigenvalue weighted by molar-refractivity contribution is -0.111. The fraction of sp³-hybridized carbons (Fsp3) is 0.579. The minimum atomic E-state index is -0.539. The van der Waals surface area contributed by atoms with Gasteiger partial charge in [0.2, 0.25) is 0 Å². The normalized spacial score (nSPS) is 22.2. The summed E-state index contributed by atoms with van der Waals surface area (Å²) < 4.78 is 5.39. The van der Waals surface area contributed by atoms with Crippen LogP contribution in [0.5, 0.6) is 0 Å². The average Bonchev–Trinajstić information content (AvgIpc) is 2.91. The monoisotopic (exact) mass is 362 g/mol. The summed E-state index contributed by atoms with van der Waals surface area (Å²) >= 11 is 0. The van der Waals surface area contributed by atoms with Gasteiger partial charge in [0.05, 0.1) is 5.56 Å². The molecule has 7 heteroatoms. The quantitative estimate of drug-likeness (QED) is 0.885. The summed E-state index contributed by atoms with van der Waals surface area (Å²) in [5.41, 5.74) is -0.316. The molecule has 2 fully saturated rings. The molecule has 2 aliphatic heterocycles. The molecule has 1 amide bonds. The fourth-order valence-corrected chi connectivity index (χ4v) is 3.58. The van der Waals surface area contributed by atoms with E-state index in [0.29, 0.717) is 31.7 Å².